The van der Waals surface area contributed by atoms with Crippen molar-refractivity contribution in [1.29, 1.82) is 0 Å². The maximum absolute atomic E-state index is 12.4. The molecular weight excluding hydrogens is 278 g/mol. The van der Waals surface area contributed by atoms with Crippen molar-refractivity contribution in [2.75, 3.05) is 11.9 Å². The molecule has 2 heterocycles. The third-order valence-corrected chi connectivity index (χ3v) is 3.34. The van der Waals surface area contributed by atoms with Crippen LogP contribution in [0, 0.1) is 0 Å². The second-order valence-corrected chi connectivity index (χ2v) is 4.81. The number of hydrogen-bond donors (Lipinski definition) is 1. The lowest BCUT2D eigenvalue weighted by atomic mass is 9.92. The maximum Gasteiger partial charge on any atom is 0.234 e. The van der Waals surface area contributed by atoms with Gasteiger partial charge in [-0.15, -0.1) is 0 Å². The summed E-state index contributed by atoms with van der Waals surface area (Å²) in [7, 11) is 0. The van der Waals surface area contributed by atoms with Gasteiger partial charge in [0.05, 0.1) is 12.5 Å². The van der Waals surface area contributed by atoms with E-state index in [0.29, 0.717) is 18.2 Å². The van der Waals surface area contributed by atoms with E-state index >= 15 is 0 Å². The molecule has 1 atom stereocenters. The van der Waals surface area contributed by atoms with Gasteiger partial charge >= 0.3 is 0 Å². The highest BCUT2D eigenvalue weighted by Gasteiger charge is 2.27. The Morgan fingerprint density at radius 3 is 3.05 bits per heavy atom. The Hall–Kier alpha value is -2.14. The van der Waals surface area contributed by atoms with Gasteiger partial charge in [-0.25, -0.2) is 9.97 Å². The van der Waals surface area contributed by atoms with E-state index in [9.17, 15) is 4.79 Å². The number of anilines is 1. The fraction of sp³-hybridized carbons (Fsp3) is 0.214. The Kier molecular flexibility index (Phi) is 3.52. The van der Waals surface area contributed by atoms with Gasteiger partial charge in [0.2, 0.25) is 11.9 Å². The van der Waals surface area contributed by atoms with Crippen LogP contribution in [0.25, 0.3) is 0 Å². The van der Waals surface area contributed by atoms with Crippen molar-refractivity contribution in [2.45, 2.75) is 12.3 Å². The van der Waals surface area contributed by atoms with Crippen molar-refractivity contribution < 1.29 is 9.53 Å². The number of para-hydroxylation sites is 1. The van der Waals surface area contributed by atoms with Crippen LogP contribution in [-0.2, 0) is 4.79 Å². The molecule has 0 bridgehead atoms. The zero-order valence-electron chi connectivity index (χ0n) is 10.5. The number of nitrogens with zero attached hydrogens (tertiary/aromatic N) is 2. The van der Waals surface area contributed by atoms with Gasteiger partial charge in [0.1, 0.15) is 10.9 Å². The zero-order chi connectivity index (χ0) is 13.9. The molecule has 1 N–H and O–H groups in total. The largest absolute Gasteiger partial charge is 0.493 e. The summed E-state index contributed by atoms with van der Waals surface area (Å²) in [6.45, 7) is 0.519. The molecule has 6 heteroatoms. The Labute approximate surface area is 121 Å². The third-order valence-electron chi connectivity index (χ3n) is 3.13. The molecule has 0 saturated heterocycles. The van der Waals surface area contributed by atoms with Crippen LogP contribution >= 0.6 is 11.6 Å². The number of aromatic nitrogens is 2. The first kappa shape index (κ1) is 12.9. The summed E-state index contributed by atoms with van der Waals surface area (Å²) in [5, 5.41) is 2.99. The molecule has 1 unspecified atom stereocenters. The topological polar surface area (TPSA) is 64.1 Å². The molecule has 0 radical (unpaired) electrons. The molecule has 1 aliphatic heterocycles. The Morgan fingerprint density at radius 1 is 1.35 bits per heavy atom. The van der Waals surface area contributed by atoms with Crippen LogP contribution in [0.5, 0.6) is 5.75 Å². The van der Waals surface area contributed by atoms with Gasteiger partial charge in [-0.3, -0.25) is 10.1 Å². The fourth-order valence-electron chi connectivity index (χ4n) is 2.21. The van der Waals surface area contributed by atoms with E-state index in [0.717, 1.165) is 11.3 Å². The number of rotatable bonds is 2. The highest BCUT2D eigenvalue weighted by molar-refractivity contribution is 6.29. The van der Waals surface area contributed by atoms with E-state index in [2.05, 4.69) is 15.3 Å². The number of benzene rings is 1. The van der Waals surface area contributed by atoms with Gasteiger partial charge in [0, 0.05) is 11.8 Å². The molecule has 102 valence electrons. The highest BCUT2D eigenvalue weighted by Crippen LogP contribution is 2.33. The molecule has 5 nitrogen and oxygen atoms in total. The molecule has 0 saturated carbocycles. The number of hydrogen-bond acceptors (Lipinski definition) is 4. The molecular formula is C14H12ClN3O2. The predicted octanol–water partition coefficient (Wildman–Crippen LogP) is 2.63. The number of carbonyl (C=O) groups is 1. The fourth-order valence-corrected chi connectivity index (χ4v) is 2.35. The van der Waals surface area contributed by atoms with Crippen LogP contribution in [0.1, 0.15) is 17.9 Å². The number of fused-ring (bicyclic) bond motifs is 1. The summed E-state index contributed by atoms with van der Waals surface area (Å²) in [5.74, 6) is 0.558. The zero-order valence-corrected chi connectivity index (χ0v) is 11.3. The van der Waals surface area contributed by atoms with Gasteiger partial charge in [-0.2, -0.15) is 0 Å². The number of amides is 1. The number of ether oxygens (including phenoxy) is 1. The Balaban J connectivity index is 1.82. The van der Waals surface area contributed by atoms with Crippen molar-refractivity contribution in [2.24, 2.45) is 0 Å². The van der Waals surface area contributed by atoms with Gasteiger partial charge in [-0.1, -0.05) is 29.8 Å². The molecule has 0 aliphatic carbocycles. The highest BCUT2D eigenvalue weighted by atomic mass is 35.5. The normalized spacial score (nSPS) is 16.9. The second kappa shape index (κ2) is 5.46. The summed E-state index contributed by atoms with van der Waals surface area (Å²) in [4.78, 5) is 20.3. The molecule has 0 fully saturated rings. The van der Waals surface area contributed by atoms with Crippen molar-refractivity contribution >= 4 is 23.5 Å². The summed E-state index contributed by atoms with van der Waals surface area (Å²) >= 11 is 5.77. The number of halogens is 1. The monoisotopic (exact) mass is 289 g/mol. The van der Waals surface area contributed by atoms with E-state index < -0.39 is 0 Å². The number of carbonyl (C=O) groups excluding carboxylic acids is 1. The lowest BCUT2D eigenvalue weighted by Gasteiger charge is -2.24. The summed E-state index contributed by atoms with van der Waals surface area (Å²) in [6.07, 6.45) is 2.13. The van der Waals surface area contributed by atoms with Gasteiger partial charge < -0.3 is 4.74 Å². The van der Waals surface area contributed by atoms with Crippen LogP contribution in [0.4, 0.5) is 5.95 Å². The molecule has 20 heavy (non-hydrogen) atoms. The van der Waals surface area contributed by atoms with Crippen molar-refractivity contribution in [3.8, 4) is 5.75 Å². The van der Waals surface area contributed by atoms with E-state index in [1.54, 1.807) is 6.07 Å². The summed E-state index contributed by atoms with van der Waals surface area (Å²) in [6, 6.07) is 9.10. The summed E-state index contributed by atoms with van der Waals surface area (Å²) in [5.41, 5.74) is 0.887. The van der Waals surface area contributed by atoms with Gasteiger partial charge in [-0.05, 0) is 18.6 Å². The van der Waals surface area contributed by atoms with Gasteiger partial charge in [0.15, 0.2) is 0 Å². The first-order valence-electron chi connectivity index (χ1n) is 6.25. The van der Waals surface area contributed by atoms with Crippen molar-refractivity contribution in [1.82, 2.24) is 9.97 Å². The van der Waals surface area contributed by atoms with E-state index in [1.165, 1.54) is 6.20 Å². The van der Waals surface area contributed by atoms with E-state index in [4.69, 9.17) is 16.3 Å². The Morgan fingerprint density at radius 2 is 2.20 bits per heavy atom. The average Bonchev–Trinajstić information content (AvgIpc) is 2.46. The summed E-state index contributed by atoms with van der Waals surface area (Å²) < 4.78 is 5.54. The lowest BCUT2D eigenvalue weighted by molar-refractivity contribution is -0.118. The molecule has 2 aromatic rings. The minimum absolute atomic E-state index is 0.150. The first-order chi connectivity index (χ1) is 9.74. The molecule has 1 aromatic carbocycles. The molecule has 1 amide bonds. The molecule has 1 aromatic heterocycles. The quantitative estimate of drug-likeness (QED) is 0.863. The maximum atomic E-state index is 12.4. The predicted molar refractivity (Wildman–Crippen MR) is 75.0 cm³/mol. The van der Waals surface area contributed by atoms with Crippen LogP contribution in [0.3, 0.4) is 0 Å². The Bertz CT molecular complexity index is 648. The molecule has 3 rings (SSSR count). The lowest BCUT2D eigenvalue weighted by Crippen LogP contribution is -2.27. The standard InChI is InChI=1S/C14H12ClN3O2/c15-12-5-7-16-14(17-12)18-13(19)10-6-8-20-11-4-2-1-3-9(10)11/h1-5,7,10H,6,8H2,(H,16,17,18,19). The average molecular weight is 290 g/mol. The minimum Gasteiger partial charge on any atom is -0.493 e. The van der Waals surface area contributed by atoms with Crippen LogP contribution in [-0.4, -0.2) is 22.5 Å². The second-order valence-electron chi connectivity index (χ2n) is 4.42. The smallest absolute Gasteiger partial charge is 0.234 e. The minimum atomic E-state index is -0.262. The van der Waals surface area contributed by atoms with Crippen LogP contribution in [0.2, 0.25) is 5.15 Å². The molecule has 1 aliphatic rings. The number of nitrogens with one attached hydrogen (secondary N) is 1. The van der Waals surface area contributed by atoms with Crippen molar-refractivity contribution in [3.63, 3.8) is 0 Å². The van der Waals surface area contributed by atoms with Crippen LogP contribution in [0.15, 0.2) is 36.5 Å². The van der Waals surface area contributed by atoms with Crippen molar-refractivity contribution in [3.05, 3.63) is 47.2 Å². The van der Waals surface area contributed by atoms with Crippen LogP contribution < -0.4 is 10.1 Å². The SMILES string of the molecule is O=C(Nc1nccc(Cl)n1)C1CCOc2ccccc21. The van der Waals surface area contributed by atoms with Gasteiger partial charge in [0.25, 0.3) is 0 Å². The van der Waals surface area contributed by atoms with E-state index in [-0.39, 0.29) is 17.8 Å². The van der Waals surface area contributed by atoms with E-state index in [1.807, 2.05) is 24.3 Å². The molecule has 0 spiro atoms. The third kappa shape index (κ3) is 2.58. The first-order valence-corrected chi connectivity index (χ1v) is 6.63.